The topological polar surface area (TPSA) is 81.0 Å². The number of ether oxygens (including phenoxy) is 1. The number of hydrogen-bond donors (Lipinski definition) is 1. The number of oxazole rings is 1. The molecule has 0 aliphatic carbocycles. The number of benzene rings is 2. The SMILES string of the molecule is CCOc1ccccc1-c1nc(CSc2nc(-c3ccccc3)cc(=O)[nH]2)c(C)o1. The minimum atomic E-state index is -0.186. The van der Waals surface area contributed by atoms with Crippen LogP contribution in [0.25, 0.3) is 22.7 Å². The molecule has 4 aromatic rings. The number of para-hydroxylation sites is 1. The second-order valence-corrected chi connectivity index (χ2v) is 7.51. The Hall–Kier alpha value is -3.32. The second kappa shape index (κ2) is 9.00. The van der Waals surface area contributed by atoms with Crippen LogP contribution in [0.3, 0.4) is 0 Å². The Balaban J connectivity index is 1.56. The first-order chi connectivity index (χ1) is 14.6. The summed E-state index contributed by atoms with van der Waals surface area (Å²) < 4.78 is 11.6. The molecule has 0 spiro atoms. The Morgan fingerprint density at radius 1 is 1.07 bits per heavy atom. The van der Waals surface area contributed by atoms with Crippen LogP contribution in [0, 0.1) is 6.92 Å². The summed E-state index contributed by atoms with van der Waals surface area (Å²) in [4.78, 5) is 24.1. The Kier molecular flexibility index (Phi) is 5.99. The molecule has 2 aromatic heterocycles. The highest BCUT2D eigenvalue weighted by atomic mass is 32.2. The van der Waals surface area contributed by atoms with Gasteiger partial charge in [-0.2, -0.15) is 0 Å². The van der Waals surface area contributed by atoms with Gasteiger partial charge in [0.1, 0.15) is 11.5 Å². The molecule has 0 saturated carbocycles. The quantitative estimate of drug-likeness (QED) is 0.332. The van der Waals surface area contributed by atoms with Gasteiger partial charge in [0.25, 0.3) is 5.56 Å². The van der Waals surface area contributed by atoms with Crippen LogP contribution in [0.2, 0.25) is 0 Å². The molecule has 0 fully saturated rings. The molecule has 1 N–H and O–H groups in total. The highest BCUT2D eigenvalue weighted by molar-refractivity contribution is 7.98. The van der Waals surface area contributed by atoms with Gasteiger partial charge < -0.3 is 14.1 Å². The average Bonchev–Trinajstić information content (AvgIpc) is 3.13. The lowest BCUT2D eigenvalue weighted by molar-refractivity contribution is 0.340. The molecule has 152 valence electrons. The van der Waals surface area contributed by atoms with Crippen LogP contribution in [-0.4, -0.2) is 21.6 Å². The normalized spacial score (nSPS) is 10.9. The van der Waals surface area contributed by atoms with E-state index in [0.29, 0.717) is 29.1 Å². The molecule has 4 rings (SSSR count). The van der Waals surface area contributed by atoms with Crippen LogP contribution >= 0.6 is 11.8 Å². The molecule has 0 aliphatic rings. The van der Waals surface area contributed by atoms with Crippen molar-refractivity contribution in [1.82, 2.24) is 15.0 Å². The number of aromatic amines is 1. The van der Waals surface area contributed by atoms with Crippen LogP contribution < -0.4 is 10.3 Å². The summed E-state index contributed by atoms with van der Waals surface area (Å²) in [6, 6.07) is 18.8. The lowest BCUT2D eigenvalue weighted by atomic mass is 10.1. The molecular weight excluding hydrogens is 398 g/mol. The number of hydrogen-bond acceptors (Lipinski definition) is 6. The number of aromatic nitrogens is 3. The maximum absolute atomic E-state index is 12.1. The third-order valence-electron chi connectivity index (χ3n) is 4.45. The number of nitrogens with zero attached hydrogens (tertiary/aromatic N) is 2. The largest absolute Gasteiger partial charge is 0.493 e. The van der Waals surface area contributed by atoms with Gasteiger partial charge in [-0.25, -0.2) is 9.97 Å². The lowest BCUT2D eigenvalue weighted by Gasteiger charge is -2.06. The minimum absolute atomic E-state index is 0.186. The third kappa shape index (κ3) is 4.46. The van der Waals surface area contributed by atoms with Crippen molar-refractivity contribution < 1.29 is 9.15 Å². The fourth-order valence-electron chi connectivity index (χ4n) is 3.00. The van der Waals surface area contributed by atoms with Gasteiger partial charge in [-0.15, -0.1) is 0 Å². The molecular formula is C23H21N3O3S. The number of thioether (sulfide) groups is 1. The van der Waals surface area contributed by atoms with Crippen molar-refractivity contribution in [3.05, 3.63) is 82.5 Å². The molecule has 0 unspecified atom stereocenters. The van der Waals surface area contributed by atoms with E-state index >= 15 is 0 Å². The highest BCUT2D eigenvalue weighted by Crippen LogP contribution is 2.32. The zero-order chi connectivity index (χ0) is 20.9. The van der Waals surface area contributed by atoms with Gasteiger partial charge in [-0.3, -0.25) is 4.79 Å². The van der Waals surface area contributed by atoms with E-state index in [4.69, 9.17) is 9.15 Å². The number of nitrogens with one attached hydrogen (secondary N) is 1. The van der Waals surface area contributed by atoms with E-state index < -0.39 is 0 Å². The van der Waals surface area contributed by atoms with E-state index in [-0.39, 0.29) is 5.56 Å². The molecule has 6 nitrogen and oxygen atoms in total. The van der Waals surface area contributed by atoms with Gasteiger partial charge in [-0.05, 0) is 26.0 Å². The van der Waals surface area contributed by atoms with Gasteiger partial charge in [0.05, 0.1) is 23.6 Å². The first-order valence-corrected chi connectivity index (χ1v) is 10.6. The smallest absolute Gasteiger partial charge is 0.252 e. The maximum atomic E-state index is 12.1. The first-order valence-electron chi connectivity index (χ1n) is 9.62. The Bertz CT molecular complexity index is 1200. The van der Waals surface area contributed by atoms with E-state index in [1.165, 1.54) is 17.8 Å². The highest BCUT2D eigenvalue weighted by Gasteiger charge is 2.16. The Morgan fingerprint density at radius 3 is 2.63 bits per heavy atom. The number of aryl methyl sites for hydroxylation is 1. The summed E-state index contributed by atoms with van der Waals surface area (Å²) in [6.45, 7) is 4.39. The van der Waals surface area contributed by atoms with Crippen molar-refractivity contribution in [2.24, 2.45) is 0 Å². The monoisotopic (exact) mass is 419 g/mol. The zero-order valence-electron chi connectivity index (χ0n) is 16.7. The van der Waals surface area contributed by atoms with Crippen LogP contribution in [0.5, 0.6) is 5.75 Å². The van der Waals surface area contributed by atoms with Crippen LogP contribution in [-0.2, 0) is 5.75 Å². The summed E-state index contributed by atoms with van der Waals surface area (Å²) in [5.41, 5.74) is 2.97. The predicted octanol–water partition coefficient (Wildman–Crippen LogP) is 5.09. The molecule has 0 aliphatic heterocycles. The van der Waals surface area contributed by atoms with Crippen molar-refractivity contribution in [1.29, 1.82) is 0 Å². The second-order valence-electron chi connectivity index (χ2n) is 6.54. The molecule has 2 aromatic carbocycles. The van der Waals surface area contributed by atoms with Crippen molar-refractivity contribution in [3.63, 3.8) is 0 Å². The molecule has 2 heterocycles. The van der Waals surface area contributed by atoms with Crippen LogP contribution in [0.1, 0.15) is 18.4 Å². The lowest BCUT2D eigenvalue weighted by Crippen LogP contribution is -2.08. The van der Waals surface area contributed by atoms with Gasteiger partial charge in [0.2, 0.25) is 5.89 Å². The van der Waals surface area contributed by atoms with Gasteiger partial charge in [0.15, 0.2) is 5.16 Å². The van der Waals surface area contributed by atoms with Crippen molar-refractivity contribution in [3.8, 4) is 28.5 Å². The van der Waals surface area contributed by atoms with E-state index in [9.17, 15) is 4.79 Å². The van der Waals surface area contributed by atoms with Crippen molar-refractivity contribution >= 4 is 11.8 Å². The number of rotatable bonds is 7. The Labute approximate surface area is 178 Å². The van der Waals surface area contributed by atoms with Crippen LogP contribution in [0.15, 0.2) is 75.0 Å². The standard InChI is InChI=1S/C23H21N3O3S/c1-3-28-20-12-8-7-11-17(20)22-24-19(15(2)29-22)14-30-23-25-18(13-21(27)26-23)16-9-5-4-6-10-16/h4-13H,3,14H2,1-2H3,(H,25,26,27). The summed E-state index contributed by atoms with van der Waals surface area (Å²) in [7, 11) is 0. The molecule has 0 saturated heterocycles. The molecule has 30 heavy (non-hydrogen) atoms. The zero-order valence-corrected chi connectivity index (χ0v) is 17.5. The maximum Gasteiger partial charge on any atom is 0.252 e. The minimum Gasteiger partial charge on any atom is -0.493 e. The third-order valence-corrected chi connectivity index (χ3v) is 5.33. The average molecular weight is 420 g/mol. The van der Waals surface area contributed by atoms with E-state index in [1.54, 1.807) is 0 Å². The van der Waals surface area contributed by atoms with Gasteiger partial charge in [-0.1, -0.05) is 54.2 Å². The van der Waals surface area contributed by atoms with E-state index in [0.717, 1.165) is 28.3 Å². The van der Waals surface area contributed by atoms with Gasteiger partial charge >= 0.3 is 0 Å². The number of H-pyrrole nitrogens is 1. The first kappa shape index (κ1) is 20.0. The molecule has 7 heteroatoms. The van der Waals surface area contributed by atoms with Gasteiger partial charge in [0, 0.05) is 17.4 Å². The summed E-state index contributed by atoms with van der Waals surface area (Å²) in [6.07, 6.45) is 0. The van der Waals surface area contributed by atoms with Crippen molar-refractivity contribution in [2.75, 3.05) is 6.61 Å². The molecule has 0 amide bonds. The fourth-order valence-corrected chi connectivity index (χ4v) is 3.88. The summed E-state index contributed by atoms with van der Waals surface area (Å²) >= 11 is 1.41. The van der Waals surface area contributed by atoms with Crippen molar-refractivity contribution in [2.45, 2.75) is 24.8 Å². The fraction of sp³-hybridized carbons (Fsp3) is 0.174. The Morgan fingerprint density at radius 2 is 1.83 bits per heavy atom. The summed E-state index contributed by atoms with van der Waals surface area (Å²) in [5, 5.41) is 0.542. The summed E-state index contributed by atoms with van der Waals surface area (Å²) in [5.74, 6) is 2.51. The molecule has 0 atom stereocenters. The van der Waals surface area contributed by atoms with Crippen LogP contribution in [0.4, 0.5) is 0 Å². The van der Waals surface area contributed by atoms with E-state index in [2.05, 4.69) is 15.0 Å². The molecule has 0 radical (unpaired) electrons. The molecule has 0 bridgehead atoms. The predicted molar refractivity (Wildman–Crippen MR) is 118 cm³/mol. The van der Waals surface area contributed by atoms with E-state index in [1.807, 2.05) is 68.4 Å².